The Bertz CT molecular complexity index is 286. The molecule has 0 aliphatic heterocycles. The fraction of sp³-hybridized carbons (Fsp3) is 0.875. The van der Waals surface area contributed by atoms with Gasteiger partial charge in [0.15, 0.2) is 0 Å². The van der Waals surface area contributed by atoms with Crippen molar-refractivity contribution in [3.05, 3.63) is 0 Å². The molecule has 0 N–H and O–H groups in total. The van der Waals surface area contributed by atoms with E-state index in [1.807, 2.05) is 20.8 Å². The van der Waals surface area contributed by atoms with Gasteiger partial charge in [0.1, 0.15) is 6.10 Å². The SMILES string of the molecule is CCCC(C)C(CC)OC(=O)CCC(=O)OCC(C)C. The minimum absolute atomic E-state index is 0.0471. The van der Waals surface area contributed by atoms with Crippen LogP contribution in [0.4, 0.5) is 0 Å². The first-order chi connectivity index (χ1) is 9.40. The average Bonchev–Trinajstić information content (AvgIpc) is 2.40. The maximum Gasteiger partial charge on any atom is 0.306 e. The molecule has 0 aliphatic carbocycles. The number of esters is 2. The van der Waals surface area contributed by atoms with Crippen molar-refractivity contribution in [2.75, 3.05) is 6.61 Å². The first-order valence-electron chi connectivity index (χ1n) is 7.75. The zero-order valence-corrected chi connectivity index (χ0v) is 13.6. The molecule has 0 amide bonds. The van der Waals surface area contributed by atoms with Crippen LogP contribution < -0.4 is 0 Å². The van der Waals surface area contributed by atoms with Gasteiger partial charge >= 0.3 is 11.9 Å². The molecule has 0 bridgehead atoms. The molecule has 0 saturated heterocycles. The molecule has 0 fully saturated rings. The lowest BCUT2D eigenvalue weighted by Crippen LogP contribution is -2.25. The Hall–Kier alpha value is -1.06. The minimum Gasteiger partial charge on any atom is -0.465 e. The summed E-state index contributed by atoms with van der Waals surface area (Å²) in [5.41, 5.74) is 0. The molecule has 20 heavy (non-hydrogen) atoms. The van der Waals surface area contributed by atoms with Crippen molar-refractivity contribution >= 4 is 11.9 Å². The summed E-state index contributed by atoms with van der Waals surface area (Å²) in [4.78, 5) is 23.1. The Morgan fingerprint density at radius 1 is 1.00 bits per heavy atom. The van der Waals surface area contributed by atoms with Crippen LogP contribution in [0.25, 0.3) is 0 Å². The summed E-state index contributed by atoms with van der Waals surface area (Å²) in [6, 6.07) is 0. The number of rotatable bonds is 10. The Morgan fingerprint density at radius 2 is 1.60 bits per heavy atom. The third kappa shape index (κ3) is 8.94. The molecule has 0 aromatic carbocycles. The van der Waals surface area contributed by atoms with Crippen molar-refractivity contribution in [3.8, 4) is 0 Å². The predicted molar refractivity (Wildman–Crippen MR) is 79.3 cm³/mol. The van der Waals surface area contributed by atoms with Gasteiger partial charge in [-0.1, -0.05) is 41.0 Å². The van der Waals surface area contributed by atoms with Crippen LogP contribution in [-0.4, -0.2) is 24.6 Å². The average molecular weight is 286 g/mol. The zero-order chi connectivity index (χ0) is 15.5. The summed E-state index contributed by atoms with van der Waals surface area (Å²) < 4.78 is 10.5. The molecular formula is C16H30O4. The maximum atomic E-state index is 11.7. The number of ether oxygens (including phenoxy) is 2. The van der Waals surface area contributed by atoms with Gasteiger partial charge in [0.25, 0.3) is 0 Å². The van der Waals surface area contributed by atoms with E-state index < -0.39 is 0 Å². The Balaban J connectivity index is 3.99. The lowest BCUT2D eigenvalue weighted by molar-refractivity contribution is -0.156. The third-order valence-electron chi connectivity index (χ3n) is 3.17. The van der Waals surface area contributed by atoms with Gasteiger partial charge in [-0.25, -0.2) is 0 Å². The molecule has 118 valence electrons. The van der Waals surface area contributed by atoms with E-state index in [0.717, 1.165) is 19.3 Å². The number of hydrogen-bond donors (Lipinski definition) is 0. The van der Waals surface area contributed by atoms with Gasteiger partial charge in [-0.15, -0.1) is 0 Å². The van der Waals surface area contributed by atoms with E-state index in [1.54, 1.807) is 0 Å². The summed E-state index contributed by atoms with van der Waals surface area (Å²) in [7, 11) is 0. The summed E-state index contributed by atoms with van der Waals surface area (Å²) >= 11 is 0. The maximum absolute atomic E-state index is 11.7. The molecule has 0 aromatic heterocycles. The van der Waals surface area contributed by atoms with E-state index in [-0.39, 0.29) is 30.9 Å². The zero-order valence-electron chi connectivity index (χ0n) is 13.6. The van der Waals surface area contributed by atoms with Gasteiger partial charge in [-0.3, -0.25) is 9.59 Å². The molecule has 0 heterocycles. The highest BCUT2D eigenvalue weighted by Crippen LogP contribution is 2.17. The second kappa shape index (κ2) is 10.7. The first kappa shape index (κ1) is 18.9. The smallest absolute Gasteiger partial charge is 0.306 e. The van der Waals surface area contributed by atoms with Crippen molar-refractivity contribution < 1.29 is 19.1 Å². The minimum atomic E-state index is -0.328. The molecule has 0 saturated carbocycles. The van der Waals surface area contributed by atoms with Gasteiger partial charge < -0.3 is 9.47 Å². The second-order valence-corrected chi connectivity index (χ2v) is 5.78. The standard InChI is InChI=1S/C16H30O4/c1-6-8-13(5)14(7-2)20-16(18)10-9-15(17)19-11-12(3)4/h12-14H,6-11H2,1-5H3. The van der Waals surface area contributed by atoms with Crippen LogP contribution in [0.5, 0.6) is 0 Å². The summed E-state index contributed by atoms with van der Waals surface area (Å²) in [5.74, 6) is 0.0405. The lowest BCUT2D eigenvalue weighted by atomic mass is 9.97. The first-order valence-corrected chi connectivity index (χ1v) is 7.75. The van der Waals surface area contributed by atoms with Crippen LogP contribution in [0.2, 0.25) is 0 Å². The van der Waals surface area contributed by atoms with Crippen LogP contribution in [0, 0.1) is 11.8 Å². The molecular weight excluding hydrogens is 256 g/mol. The van der Waals surface area contributed by atoms with E-state index in [4.69, 9.17) is 9.47 Å². The van der Waals surface area contributed by atoms with Gasteiger partial charge in [0.2, 0.25) is 0 Å². The molecule has 0 aromatic rings. The molecule has 4 heteroatoms. The number of carbonyl (C=O) groups is 2. The monoisotopic (exact) mass is 286 g/mol. The quantitative estimate of drug-likeness (QED) is 0.574. The normalized spacial score (nSPS) is 13.9. The fourth-order valence-electron chi connectivity index (χ4n) is 2.01. The van der Waals surface area contributed by atoms with Crippen molar-refractivity contribution in [1.29, 1.82) is 0 Å². The van der Waals surface area contributed by atoms with Gasteiger partial charge in [0.05, 0.1) is 19.4 Å². The van der Waals surface area contributed by atoms with Crippen LogP contribution in [0.1, 0.15) is 66.7 Å². The van der Waals surface area contributed by atoms with Crippen LogP contribution >= 0.6 is 0 Å². The van der Waals surface area contributed by atoms with Crippen molar-refractivity contribution in [2.24, 2.45) is 11.8 Å². The fourth-order valence-corrected chi connectivity index (χ4v) is 2.01. The highest BCUT2D eigenvalue weighted by atomic mass is 16.5. The Labute approximate surface area is 123 Å². The third-order valence-corrected chi connectivity index (χ3v) is 3.17. The molecule has 2 unspecified atom stereocenters. The number of carbonyl (C=O) groups excluding carboxylic acids is 2. The lowest BCUT2D eigenvalue weighted by Gasteiger charge is -2.22. The van der Waals surface area contributed by atoms with Crippen molar-refractivity contribution in [3.63, 3.8) is 0 Å². The van der Waals surface area contributed by atoms with Crippen LogP contribution in [-0.2, 0) is 19.1 Å². The van der Waals surface area contributed by atoms with E-state index in [0.29, 0.717) is 18.4 Å². The summed E-state index contributed by atoms with van der Waals surface area (Å²) in [6.45, 7) is 10.6. The summed E-state index contributed by atoms with van der Waals surface area (Å²) in [5, 5.41) is 0. The van der Waals surface area contributed by atoms with Crippen LogP contribution in [0.3, 0.4) is 0 Å². The topological polar surface area (TPSA) is 52.6 Å². The van der Waals surface area contributed by atoms with E-state index in [1.165, 1.54) is 0 Å². The molecule has 0 spiro atoms. The molecule has 2 atom stereocenters. The van der Waals surface area contributed by atoms with E-state index in [9.17, 15) is 9.59 Å². The van der Waals surface area contributed by atoms with Gasteiger partial charge in [-0.05, 0) is 24.7 Å². The molecule has 0 rings (SSSR count). The van der Waals surface area contributed by atoms with Gasteiger partial charge in [0, 0.05) is 0 Å². The predicted octanol–water partition coefficient (Wildman–Crippen LogP) is 3.72. The second-order valence-electron chi connectivity index (χ2n) is 5.78. The molecule has 4 nitrogen and oxygen atoms in total. The van der Waals surface area contributed by atoms with E-state index >= 15 is 0 Å². The molecule has 0 aliphatic rings. The van der Waals surface area contributed by atoms with Crippen molar-refractivity contribution in [1.82, 2.24) is 0 Å². The summed E-state index contributed by atoms with van der Waals surface area (Å²) in [6.07, 6.45) is 3.09. The number of hydrogen-bond acceptors (Lipinski definition) is 4. The van der Waals surface area contributed by atoms with E-state index in [2.05, 4.69) is 13.8 Å². The van der Waals surface area contributed by atoms with Crippen LogP contribution in [0.15, 0.2) is 0 Å². The largest absolute Gasteiger partial charge is 0.465 e. The highest BCUT2D eigenvalue weighted by Gasteiger charge is 2.19. The molecule has 0 radical (unpaired) electrons. The Morgan fingerprint density at radius 3 is 2.10 bits per heavy atom. The van der Waals surface area contributed by atoms with Crippen molar-refractivity contribution in [2.45, 2.75) is 72.8 Å². The Kier molecular flexibility index (Phi) is 10.1. The highest BCUT2D eigenvalue weighted by molar-refractivity contribution is 5.77. The van der Waals surface area contributed by atoms with Gasteiger partial charge in [-0.2, -0.15) is 0 Å².